The van der Waals surface area contributed by atoms with E-state index in [9.17, 15) is 5.11 Å². The van der Waals surface area contributed by atoms with Gasteiger partial charge in [-0.15, -0.1) is 0 Å². The molecule has 0 saturated carbocycles. The number of aliphatic hydroxyl groups excluding tert-OH is 1. The summed E-state index contributed by atoms with van der Waals surface area (Å²) in [6, 6.07) is 10.6. The molecule has 0 bridgehead atoms. The van der Waals surface area contributed by atoms with Crippen molar-refractivity contribution >= 4 is 0 Å². The standard InChI is InChI=1S/C17H28N2O/c1-2-15-10-6-7-11-19(15)13-17(20)16(18)12-14-8-4-3-5-9-14/h3-5,8-9,15-17,20H,2,6-7,10-13,18H2,1H3. The molecule has 20 heavy (non-hydrogen) atoms. The molecule has 1 aromatic rings. The molecule has 112 valence electrons. The predicted octanol–water partition coefficient (Wildman–Crippen LogP) is 2.18. The summed E-state index contributed by atoms with van der Waals surface area (Å²) in [6.07, 6.45) is 5.30. The highest BCUT2D eigenvalue weighted by atomic mass is 16.3. The van der Waals surface area contributed by atoms with Crippen molar-refractivity contribution in [2.45, 2.75) is 57.2 Å². The maximum atomic E-state index is 10.4. The highest BCUT2D eigenvalue weighted by Gasteiger charge is 2.25. The molecule has 3 atom stereocenters. The van der Waals surface area contributed by atoms with Gasteiger partial charge in [0.2, 0.25) is 0 Å². The molecule has 0 aliphatic carbocycles. The van der Waals surface area contributed by atoms with Gasteiger partial charge in [-0.25, -0.2) is 0 Å². The lowest BCUT2D eigenvalue weighted by atomic mass is 9.97. The molecular weight excluding hydrogens is 248 g/mol. The Labute approximate surface area is 122 Å². The molecule has 1 aliphatic rings. The van der Waals surface area contributed by atoms with Crippen molar-refractivity contribution in [2.75, 3.05) is 13.1 Å². The number of rotatable bonds is 6. The van der Waals surface area contributed by atoms with Gasteiger partial charge in [0.15, 0.2) is 0 Å². The Kier molecular flexibility index (Phi) is 6.02. The van der Waals surface area contributed by atoms with E-state index < -0.39 is 6.10 Å². The second kappa shape index (κ2) is 7.77. The third kappa shape index (κ3) is 4.30. The number of benzene rings is 1. The van der Waals surface area contributed by atoms with Crippen LogP contribution >= 0.6 is 0 Å². The fourth-order valence-electron chi connectivity index (χ4n) is 3.16. The van der Waals surface area contributed by atoms with Crippen molar-refractivity contribution in [3.05, 3.63) is 35.9 Å². The molecule has 1 aromatic carbocycles. The summed E-state index contributed by atoms with van der Waals surface area (Å²) >= 11 is 0. The van der Waals surface area contributed by atoms with Crippen LogP contribution in [0, 0.1) is 0 Å². The molecular formula is C17H28N2O. The number of aliphatic hydroxyl groups is 1. The molecule has 2 rings (SSSR count). The zero-order chi connectivity index (χ0) is 14.4. The zero-order valence-electron chi connectivity index (χ0n) is 12.5. The summed E-state index contributed by atoms with van der Waals surface area (Å²) in [7, 11) is 0. The first-order chi connectivity index (χ1) is 9.70. The first kappa shape index (κ1) is 15.5. The van der Waals surface area contributed by atoms with Crippen LogP contribution in [0.4, 0.5) is 0 Å². The Bertz CT molecular complexity index is 382. The summed E-state index contributed by atoms with van der Waals surface area (Å²) in [5.41, 5.74) is 7.38. The van der Waals surface area contributed by atoms with Crippen LogP contribution in [0.3, 0.4) is 0 Å². The van der Waals surface area contributed by atoms with Gasteiger partial charge >= 0.3 is 0 Å². The molecule has 3 nitrogen and oxygen atoms in total. The van der Waals surface area contributed by atoms with Crippen LogP contribution in [-0.2, 0) is 6.42 Å². The molecule has 3 unspecified atom stereocenters. The fraction of sp³-hybridized carbons (Fsp3) is 0.647. The van der Waals surface area contributed by atoms with Crippen molar-refractivity contribution in [2.24, 2.45) is 5.73 Å². The van der Waals surface area contributed by atoms with Crippen LogP contribution in [0.1, 0.15) is 38.2 Å². The molecule has 3 N–H and O–H groups in total. The van der Waals surface area contributed by atoms with Gasteiger partial charge in [0.25, 0.3) is 0 Å². The minimum absolute atomic E-state index is 0.183. The summed E-state index contributed by atoms with van der Waals surface area (Å²) in [4.78, 5) is 2.43. The van der Waals surface area contributed by atoms with E-state index >= 15 is 0 Å². The smallest absolute Gasteiger partial charge is 0.0821 e. The molecule has 1 aliphatic heterocycles. The number of likely N-dealkylation sites (tertiary alicyclic amines) is 1. The van der Waals surface area contributed by atoms with Gasteiger partial charge in [-0.3, -0.25) is 4.90 Å². The lowest BCUT2D eigenvalue weighted by molar-refractivity contribution is 0.0523. The lowest BCUT2D eigenvalue weighted by Crippen LogP contribution is -2.49. The van der Waals surface area contributed by atoms with Crippen LogP contribution in [0.15, 0.2) is 30.3 Å². The highest BCUT2D eigenvalue weighted by molar-refractivity contribution is 5.16. The van der Waals surface area contributed by atoms with Gasteiger partial charge in [-0.2, -0.15) is 0 Å². The number of piperidine rings is 1. The van der Waals surface area contributed by atoms with Crippen LogP contribution in [0.2, 0.25) is 0 Å². The first-order valence-electron chi connectivity index (χ1n) is 7.92. The number of nitrogens with zero attached hydrogens (tertiary/aromatic N) is 1. The Hall–Kier alpha value is -0.900. The Balaban J connectivity index is 1.85. The van der Waals surface area contributed by atoms with Crippen molar-refractivity contribution in [1.82, 2.24) is 4.90 Å². The van der Waals surface area contributed by atoms with Crippen LogP contribution < -0.4 is 5.73 Å². The van der Waals surface area contributed by atoms with Gasteiger partial charge in [-0.05, 0) is 37.8 Å². The topological polar surface area (TPSA) is 49.5 Å². The van der Waals surface area contributed by atoms with E-state index in [1.807, 2.05) is 18.2 Å². The molecule has 0 aromatic heterocycles. The van der Waals surface area contributed by atoms with Crippen molar-refractivity contribution in [1.29, 1.82) is 0 Å². The molecule has 1 saturated heterocycles. The summed E-state index contributed by atoms with van der Waals surface area (Å²) < 4.78 is 0. The lowest BCUT2D eigenvalue weighted by Gasteiger charge is -2.37. The van der Waals surface area contributed by atoms with Gasteiger partial charge in [0, 0.05) is 18.6 Å². The zero-order valence-corrected chi connectivity index (χ0v) is 12.5. The Morgan fingerprint density at radius 3 is 2.75 bits per heavy atom. The summed E-state index contributed by atoms with van der Waals surface area (Å²) in [6.45, 7) is 4.05. The predicted molar refractivity (Wildman–Crippen MR) is 83.6 cm³/mol. The van der Waals surface area contributed by atoms with Crippen LogP contribution in [0.5, 0.6) is 0 Å². The van der Waals surface area contributed by atoms with E-state index in [0.717, 1.165) is 13.0 Å². The van der Waals surface area contributed by atoms with E-state index in [1.165, 1.54) is 31.2 Å². The van der Waals surface area contributed by atoms with E-state index in [0.29, 0.717) is 12.6 Å². The summed E-state index contributed by atoms with van der Waals surface area (Å²) in [5.74, 6) is 0. The number of hydrogen-bond donors (Lipinski definition) is 2. The molecule has 1 fully saturated rings. The molecule has 3 heteroatoms. The van der Waals surface area contributed by atoms with E-state index in [-0.39, 0.29) is 6.04 Å². The molecule has 1 heterocycles. The van der Waals surface area contributed by atoms with Gasteiger partial charge in [0.1, 0.15) is 0 Å². The van der Waals surface area contributed by atoms with E-state index in [1.54, 1.807) is 0 Å². The highest BCUT2D eigenvalue weighted by Crippen LogP contribution is 2.20. The largest absolute Gasteiger partial charge is 0.390 e. The number of hydrogen-bond acceptors (Lipinski definition) is 3. The average Bonchev–Trinajstić information content (AvgIpc) is 2.48. The number of β-amino-alcohol motifs (C(OH)–C–C–N with tert-alkyl or cyclic N) is 1. The minimum atomic E-state index is -0.442. The number of nitrogens with two attached hydrogens (primary N) is 1. The quantitative estimate of drug-likeness (QED) is 0.837. The van der Waals surface area contributed by atoms with Crippen molar-refractivity contribution in [3.63, 3.8) is 0 Å². The summed E-state index contributed by atoms with van der Waals surface area (Å²) in [5, 5.41) is 10.4. The Morgan fingerprint density at radius 1 is 1.30 bits per heavy atom. The van der Waals surface area contributed by atoms with Gasteiger partial charge in [0.05, 0.1) is 6.10 Å². The molecule has 0 spiro atoms. The maximum Gasteiger partial charge on any atom is 0.0821 e. The molecule has 0 radical (unpaired) electrons. The third-order valence-electron chi connectivity index (χ3n) is 4.45. The normalized spacial score (nSPS) is 23.4. The van der Waals surface area contributed by atoms with Crippen LogP contribution in [-0.4, -0.2) is 41.3 Å². The van der Waals surface area contributed by atoms with Crippen LogP contribution in [0.25, 0.3) is 0 Å². The average molecular weight is 276 g/mol. The molecule has 0 amide bonds. The monoisotopic (exact) mass is 276 g/mol. The van der Waals surface area contributed by atoms with E-state index in [4.69, 9.17) is 5.73 Å². The van der Waals surface area contributed by atoms with Gasteiger partial charge in [-0.1, -0.05) is 43.7 Å². The van der Waals surface area contributed by atoms with Crippen molar-refractivity contribution < 1.29 is 5.11 Å². The maximum absolute atomic E-state index is 10.4. The van der Waals surface area contributed by atoms with E-state index in [2.05, 4.69) is 24.0 Å². The third-order valence-corrected chi connectivity index (χ3v) is 4.45. The second-order valence-electron chi connectivity index (χ2n) is 5.97. The fourth-order valence-corrected chi connectivity index (χ4v) is 3.16. The van der Waals surface area contributed by atoms with Gasteiger partial charge < -0.3 is 10.8 Å². The Morgan fingerprint density at radius 2 is 2.05 bits per heavy atom. The first-order valence-corrected chi connectivity index (χ1v) is 7.92. The van der Waals surface area contributed by atoms with Crippen molar-refractivity contribution in [3.8, 4) is 0 Å². The SMILES string of the molecule is CCC1CCCCN1CC(O)C(N)Cc1ccccc1. The second-order valence-corrected chi connectivity index (χ2v) is 5.97. The minimum Gasteiger partial charge on any atom is -0.390 e.